The normalized spacial score (nSPS) is 10.9. The van der Waals surface area contributed by atoms with Crippen molar-refractivity contribution in [1.82, 2.24) is 0 Å². The van der Waals surface area contributed by atoms with Gasteiger partial charge in [-0.3, -0.25) is 14.4 Å². The average molecular weight is 349 g/mol. The third-order valence-electron chi connectivity index (χ3n) is 4.33. The molecule has 3 rings (SSSR count). The molecule has 0 spiro atoms. The lowest BCUT2D eigenvalue weighted by molar-refractivity contribution is -0.118. The highest BCUT2D eigenvalue weighted by atomic mass is 16.1. The van der Waals surface area contributed by atoms with Gasteiger partial charge in [0, 0.05) is 0 Å². The van der Waals surface area contributed by atoms with Crippen LogP contribution in [0.2, 0.25) is 0 Å². The topological polar surface area (TPSA) is 129 Å². The summed E-state index contributed by atoms with van der Waals surface area (Å²) in [5, 5.41) is 3.43. The second kappa shape index (κ2) is 6.84. The fourth-order valence-electron chi connectivity index (χ4n) is 3.41. The molecule has 6 nitrogen and oxygen atoms in total. The first-order valence-electron chi connectivity index (χ1n) is 8.16. The Morgan fingerprint density at radius 3 is 2.08 bits per heavy atom. The van der Waals surface area contributed by atoms with Gasteiger partial charge in [-0.2, -0.15) is 0 Å². The number of carbonyl (C=O) groups is 3. The average Bonchev–Trinajstić information content (AvgIpc) is 2.53. The van der Waals surface area contributed by atoms with Crippen molar-refractivity contribution in [1.29, 1.82) is 0 Å². The molecule has 0 heterocycles. The van der Waals surface area contributed by atoms with Crippen molar-refractivity contribution < 1.29 is 14.4 Å². The second-order valence-electron chi connectivity index (χ2n) is 6.36. The molecule has 3 amide bonds. The van der Waals surface area contributed by atoms with Crippen LogP contribution in [0.4, 0.5) is 0 Å². The van der Waals surface area contributed by atoms with Crippen LogP contribution in [0.1, 0.15) is 16.7 Å². The Bertz CT molecular complexity index is 1060. The van der Waals surface area contributed by atoms with Crippen molar-refractivity contribution in [2.45, 2.75) is 19.3 Å². The highest BCUT2D eigenvalue weighted by Crippen LogP contribution is 2.32. The standard InChI is InChI=1S/C20H19N3O3/c21-17(24)7-11-4-5-12-8-13-2-1-3-14(9-18(22)25)20(13)16(10-19(23)26)15(12)6-11/h1-6,8H,7,9-10H2,(H2,21,24)(H2,22,25)(H2,23,26). The van der Waals surface area contributed by atoms with Gasteiger partial charge in [0.05, 0.1) is 19.3 Å². The van der Waals surface area contributed by atoms with E-state index in [0.29, 0.717) is 0 Å². The number of primary amides is 3. The number of carbonyl (C=O) groups excluding carboxylic acids is 3. The number of hydrogen-bond acceptors (Lipinski definition) is 3. The summed E-state index contributed by atoms with van der Waals surface area (Å²) >= 11 is 0. The number of nitrogens with two attached hydrogens (primary N) is 3. The molecular formula is C20H19N3O3. The van der Waals surface area contributed by atoms with Gasteiger partial charge in [-0.25, -0.2) is 0 Å². The zero-order valence-electron chi connectivity index (χ0n) is 14.1. The fraction of sp³-hybridized carbons (Fsp3) is 0.150. The molecule has 0 unspecified atom stereocenters. The van der Waals surface area contributed by atoms with Crippen molar-refractivity contribution in [2.75, 3.05) is 0 Å². The van der Waals surface area contributed by atoms with Crippen LogP contribution < -0.4 is 17.2 Å². The summed E-state index contributed by atoms with van der Waals surface area (Å²) in [6.07, 6.45) is 0.187. The van der Waals surface area contributed by atoms with Gasteiger partial charge in [0.15, 0.2) is 0 Å². The minimum absolute atomic E-state index is 0.0175. The summed E-state index contributed by atoms with van der Waals surface area (Å²) in [6, 6.07) is 13.1. The molecule has 3 aromatic carbocycles. The van der Waals surface area contributed by atoms with Crippen LogP contribution >= 0.6 is 0 Å². The van der Waals surface area contributed by atoms with Gasteiger partial charge in [-0.1, -0.05) is 36.4 Å². The maximum Gasteiger partial charge on any atom is 0.221 e. The minimum atomic E-state index is -0.479. The Morgan fingerprint density at radius 2 is 1.42 bits per heavy atom. The van der Waals surface area contributed by atoms with Gasteiger partial charge >= 0.3 is 0 Å². The Morgan fingerprint density at radius 1 is 0.731 bits per heavy atom. The fourth-order valence-corrected chi connectivity index (χ4v) is 3.41. The Balaban J connectivity index is 2.37. The highest BCUT2D eigenvalue weighted by molar-refractivity contribution is 6.06. The molecule has 0 aliphatic heterocycles. The molecule has 0 aliphatic carbocycles. The van der Waals surface area contributed by atoms with E-state index in [-0.39, 0.29) is 19.3 Å². The van der Waals surface area contributed by atoms with E-state index in [2.05, 4.69) is 0 Å². The van der Waals surface area contributed by atoms with Gasteiger partial charge in [0.2, 0.25) is 17.7 Å². The molecule has 0 radical (unpaired) electrons. The molecule has 0 aromatic heterocycles. The smallest absolute Gasteiger partial charge is 0.221 e. The van der Waals surface area contributed by atoms with Crippen LogP contribution in [0.5, 0.6) is 0 Å². The van der Waals surface area contributed by atoms with E-state index in [0.717, 1.165) is 38.2 Å². The molecule has 132 valence electrons. The lowest BCUT2D eigenvalue weighted by Gasteiger charge is -2.15. The van der Waals surface area contributed by atoms with Gasteiger partial charge in [-0.15, -0.1) is 0 Å². The Labute approximate surface area is 149 Å². The maximum absolute atomic E-state index is 11.7. The van der Waals surface area contributed by atoms with Crippen LogP contribution in [0, 0.1) is 0 Å². The summed E-state index contributed by atoms with van der Waals surface area (Å²) in [5.74, 6) is -1.37. The molecule has 0 fully saturated rings. The molecular weight excluding hydrogens is 330 g/mol. The predicted molar refractivity (Wildman–Crippen MR) is 100 cm³/mol. The molecule has 0 saturated heterocycles. The van der Waals surface area contributed by atoms with Crippen LogP contribution in [0.25, 0.3) is 21.5 Å². The zero-order valence-corrected chi connectivity index (χ0v) is 14.1. The number of fused-ring (bicyclic) bond motifs is 2. The second-order valence-corrected chi connectivity index (χ2v) is 6.36. The molecule has 6 N–H and O–H groups in total. The summed E-state index contributed by atoms with van der Waals surface area (Å²) in [5.41, 5.74) is 18.4. The number of hydrogen-bond donors (Lipinski definition) is 3. The lowest BCUT2D eigenvalue weighted by atomic mass is 9.89. The molecule has 0 aliphatic rings. The molecule has 26 heavy (non-hydrogen) atoms. The van der Waals surface area contributed by atoms with E-state index >= 15 is 0 Å². The molecule has 0 bridgehead atoms. The van der Waals surface area contributed by atoms with Gasteiger partial charge in [0.25, 0.3) is 0 Å². The van der Waals surface area contributed by atoms with E-state index in [1.54, 1.807) is 0 Å². The van der Waals surface area contributed by atoms with Crippen molar-refractivity contribution >= 4 is 39.3 Å². The third-order valence-corrected chi connectivity index (χ3v) is 4.33. The first-order chi connectivity index (χ1) is 12.3. The first kappa shape index (κ1) is 17.4. The van der Waals surface area contributed by atoms with E-state index in [1.807, 2.05) is 42.5 Å². The van der Waals surface area contributed by atoms with Gasteiger partial charge in [-0.05, 0) is 44.3 Å². The van der Waals surface area contributed by atoms with E-state index in [9.17, 15) is 14.4 Å². The van der Waals surface area contributed by atoms with Crippen LogP contribution in [0.15, 0.2) is 42.5 Å². The Hall–Kier alpha value is -3.41. The lowest BCUT2D eigenvalue weighted by Crippen LogP contribution is -2.16. The molecule has 0 atom stereocenters. The summed E-state index contributed by atoms with van der Waals surface area (Å²) in [6.45, 7) is 0. The number of amides is 3. The molecule has 0 saturated carbocycles. The number of rotatable bonds is 6. The number of benzene rings is 3. The summed E-state index contributed by atoms with van der Waals surface area (Å²) in [4.78, 5) is 34.4. The van der Waals surface area contributed by atoms with Crippen molar-refractivity contribution in [3.63, 3.8) is 0 Å². The van der Waals surface area contributed by atoms with E-state index in [1.165, 1.54) is 0 Å². The largest absolute Gasteiger partial charge is 0.369 e. The van der Waals surface area contributed by atoms with Crippen molar-refractivity contribution in [3.05, 3.63) is 59.2 Å². The molecule has 3 aromatic rings. The van der Waals surface area contributed by atoms with E-state index < -0.39 is 17.7 Å². The van der Waals surface area contributed by atoms with Gasteiger partial charge < -0.3 is 17.2 Å². The van der Waals surface area contributed by atoms with Crippen molar-refractivity contribution in [3.8, 4) is 0 Å². The highest BCUT2D eigenvalue weighted by Gasteiger charge is 2.15. The maximum atomic E-state index is 11.7. The predicted octanol–water partition coefficient (Wildman–Crippen LogP) is 1.08. The van der Waals surface area contributed by atoms with Gasteiger partial charge in [0.1, 0.15) is 0 Å². The monoisotopic (exact) mass is 349 g/mol. The third kappa shape index (κ3) is 3.49. The first-order valence-corrected chi connectivity index (χ1v) is 8.16. The zero-order chi connectivity index (χ0) is 18.8. The van der Waals surface area contributed by atoms with Crippen LogP contribution in [-0.2, 0) is 33.6 Å². The quantitative estimate of drug-likeness (QED) is 0.576. The van der Waals surface area contributed by atoms with Crippen LogP contribution in [-0.4, -0.2) is 17.7 Å². The summed E-state index contributed by atoms with van der Waals surface area (Å²) in [7, 11) is 0. The SMILES string of the molecule is NC(=O)Cc1ccc2cc3cccc(CC(N)=O)c3c(CC(N)=O)c2c1. The van der Waals surface area contributed by atoms with Crippen LogP contribution in [0.3, 0.4) is 0 Å². The van der Waals surface area contributed by atoms with Crippen molar-refractivity contribution in [2.24, 2.45) is 17.2 Å². The van der Waals surface area contributed by atoms with E-state index in [4.69, 9.17) is 17.2 Å². The summed E-state index contributed by atoms with van der Waals surface area (Å²) < 4.78 is 0. The Kier molecular flexibility index (Phi) is 4.58. The molecule has 6 heteroatoms. The minimum Gasteiger partial charge on any atom is -0.369 e.